The number of carbonyl (C=O) groups is 1. The minimum atomic E-state index is -0.871. The number of nitrogens with zero attached hydrogens (tertiary/aromatic N) is 5. The van der Waals surface area contributed by atoms with Gasteiger partial charge in [0, 0.05) is 75.0 Å². The van der Waals surface area contributed by atoms with Crippen LogP contribution in [0.4, 0.5) is 10.2 Å². The van der Waals surface area contributed by atoms with E-state index in [1.807, 2.05) is 36.7 Å². The summed E-state index contributed by atoms with van der Waals surface area (Å²) in [6.07, 6.45) is 2.51. The van der Waals surface area contributed by atoms with Crippen molar-refractivity contribution < 1.29 is 13.9 Å². The molecule has 218 valence electrons. The van der Waals surface area contributed by atoms with Crippen molar-refractivity contribution in [3.8, 4) is 5.69 Å². The lowest BCUT2D eigenvalue weighted by Crippen LogP contribution is -2.61. The quantitative estimate of drug-likeness (QED) is 0.395. The van der Waals surface area contributed by atoms with E-state index >= 15 is 4.39 Å². The van der Waals surface area contributed by atoms with Gasteiger partial charge >= 0.3 is 5.97 Å². The molecule has 0 saturated carbocycles. The normalized spacial score (nSPS) is 20.8. The molecule has 1 N–H and O–H groups in total. The van der Waals surface area contributed by atoms with E-state index in [0.717, 1.165) is 79.6 Å². The zero-order valence-electron chi connectivity index (χ0n) is 24.4. The number of aryl methyl sites for hydroxylation is 3. The third-order valence-electron chi connectivity index (χ3n) is 9.05. The minimum absolute atomic E-state index is 0.0958. The average molecular weight is 561 g/mol. The minimum Gasteiger partial charge on any atom is -0.469 e. The Hall–Kier alpha value is -3.30. The van der Waals surface area contributed by atoms with Gasteiger partial charge in [-0.05, 0) is 62.1 Å². The van der Waals surface area contributed by atoms with Crippen LogP contribution in [0, 0.1) is 19.3 Å². The van der Waals surface area contributed by atoms with Crippen molar-refractivity contribution in [2.24, 2.45) is 5.41 Å². The highest BCUT2D eigenvalue weighted by atomic mass is 19.1. The van der Waals surface area contributed by atoms with Crippen LogP contribution in [0.1, 0.15) is 47.0 Å². The van der Waals surface area contributed by atoms with Gasteiger partial charge in [-0.3, -0.25) is 9.69 Å². The Morgan fingerprint density at radius 3 is 2.78 bits per heavy atom. The number of hydrogen-bond acceptors (Lipinski definition) is 7. The molecule has 2 saturated heterocycles. The highest BCUT2D eigenvalue weighted by molar-refractivity contribution is 5.70. The molecule has 3 aliphatic heterocycles. The first kappa shape index (κ1) is 27.8. The maximum Gasteiger partial charge on any atom is 0.306 e. The lowest BCUT2D eigenvalue weighted by molar-refractivity contribution is -0.141. The molecule has 2 fully saturated rings. The number of likely N-dealkylation sites (tertiary alicyclic amines) is 2. The summed E-state index contributed by atoms with van der Waals surface area (Å²) < 4.78 is 22.5. The van der Waals surface area contributed by atoms with E-state index in [1.54, 1.807) is 0 Å². The van der Waals surface area contributed by atoms with Gasteiger partial charge < -0.3 is 15.0 Å². The molecule has 0 radical (unpaired) electrons. The van der Waals surface area contributed by atoms with Crippen LogP contribution in [-0.2, 0) is 22.4 Å². The smallest absolute Gasteiger partial charge is 0.306 e. The highest BCUT2D eigenvalue weighted by Gasteiger charge is 2.54. The highest BCUT2D eigenvalue weighted by Crippen LogP contribution is 2.42. The molecule has 1 unspecified atom stereocenters. The van der Waals surface area contributed by atoms with E-state index in [9.17, 15) is 4.79 Å². The summed E-state index contributed by atoms with van der Waals surface area (Å²) in [7, 11) is 1.42. The number of aromatic nitrogens is 3. The Balaban J connectivity index is 1.09. The Labute approximate surface area is 241 Å². The molecule has 1 spiro atoms. The molecule has 8 nitrogen and oxygen atoms in total. The molecule has 3 aromatic rings. The lowest BCUT2D eigenvalue weighted by atomic mass is 9.77. The first-order valence-electron chi connectivity index (χ1n) is 14.8. The molecule has 2 atom stereocenters. The van der Waals surface area contributed by atoms with Gasteiger partial charge in [0.25, 0.3) is 0 Å². The predicted molar refractivity (Wildman–Crippen MR) is 157 cm³/mol. The van der Waals surface area contributed by atoms with Crippen molar-refractivity contribution >= 4 is 11.8 Å². The monoisotopic (exact) mass is 560 g/mol. The average Bonchev–Trinajstić information content (AvgIpc) is 3.47. The van der Waals surface area contributed by atoms with Gasteiger partial charge in [0.2, 0.25) is 0 Å². The molecule has 2 aromatic heterocycles. The molecule has 5 heterocycles. The van der Waals surface area contributed by atoms with Crippen LogP contribution < -0.4 is 5.32 Å². The maximum absolute atomic E-state index is 15.5. The number of methoxy groups -OCH3 is 1. The molecule has 1 aromatic carbocycles. The lowest BCUT2D eigenvalue weighted by Gasteiger charge is -2.49. The molecule has 9 heteroatoms. The van der Waals surface area contributed by atoms with Crippen LogP contribution in [-0.4, -0.2) is 89.6 Å². The fraction of sp³-hybridized carbons (Fsp3) is 0.531. The van der Waals surface area contributed by atoms with E-state index in [0.29, 0.717) is 19.6 Å². The first-order valence-corrected chi connectivity index (χ1v) is 14.8. The fourth-order valence-corrected chi connectivity index (χ4v) is 6.93. The third kappa shape index (κ3) is 5.88. The fourth-order valence-electron chi connectivity index (χ4n) is 6.93. The number of carbonyl (C=O) groups excluding carboxylic acids is 1. The summed E-state index contributed by atoms with van der Waals surface area (Å²) in [5, 5.41) is 8.04. The maximum atomic E-state index is 15.5. The molecular weight excluding hydrogens is 519 g/mol. The number of nitrogens with one attached hydrogen (secondary N) is 1. The molecule has 3 aliphatic rings. The summed E-state index contributed by atoms with van der Waals surface area (Å²) >= 11 is 0. The van der Waals surface area contributed by atoms with E-state index in [1.165, 1.54) is 12.7 Å². The van der Waals surface area contributed by atoms with Crippen LogP contribution in [0.2, 0.25) is 0 Å². The van der Waals surface area contributed by atoms with Crippen LogP contribution in [0.25, 0.3) is 5.69 Å². The Morgan fingerprint density at radius 1 is 1.17 bits per heavy atom. The molecule has 0 aliphatic carbocycles. The second-order valence-electron chi connectivity index (χ2n) is 12.2. The second kappa shape index (κ2) is 11.5. The van der Waals surface area contributed by atoms with E-state index < -0.39 is 6.17 Å². The van der Waals surface area contributed by atoms with Gasteiger partial charge in [-0.2, -0.15) is 5.10 Å². The molecular formula is C32H41FN6O2. The van der Waals surface area contributed by atoms with Gasteiger partial charge in [0.1, 0.15) is 12.0 Å². The van der Waals surface area contributed by atoms with Crippen LogP contribution >= 0.6 is 0 Å². The second-order valence-corrected chi connectivity index (χ2v) is 12.2. The van der Waals surface area contributed by atoms with E-state index in [2.05, 4.69) is 44.5 Å². The SMILES string of the molecule is COC(=O)C[C@H](CN1CC(F)C2(C1)CN(CCc1ccc3c(n1)NCCC3)C2)c1cccc(-n2nc(C)cc2C)c1. The summed E-state index contributed by atoms with van der Waals surface area (Å²) in [5.74, 6) is 0.686. The van der Waals surface area contributed by atoms with Crippen LogP contribution in [0.5, 0.6) is 0 Å². The van der Waals surface area contributed by atoms with Crippen LogP contribution in [0.15, 0.2) is 42.5 Å². The van der Waals surface area contributed by atoms with E-state index in [-0.39, 0.29) is 23.7 Å². The number of hydrogen-bond donors (Lipinski definition) is 1. The summed E-state index contributed by atoms with van der Waals surface area (Å²) in [6, 6.07) is 14.6. The number of anilines is 1. The number of pyridine rings is 1. The first-order chi connectivity index (χ1) is 19.8. The van der Waals surface area contributed by atoms with Gasteiger partial charge in [-0.25, -0.2) is 14.1 Å². The zero-order chi connectivity index (χ0) is 28.6. The van der Waals surface area contributed by atoms with Crippen molar-refractivity contribution in [3.63, 3.8) is 0 Å². The number of ether oxygens (including phenoxy) is 1. The van der Waals surface area contributed by atoms with Gasteiger partial charge in [-0.1, -0.05) is 18.2 Å². The summed E-state index contributed by atoms with van der Waals surface area (Å²) in [6.45, 7) is 9.16. The largest absolute Gasteiger partial charge is 0.469 e. The number of alkyl halides is 1. The zero-order valence-corrected chi connectivity index (χ0v) is 24.4. The third-order valence-corrected chi connectivity index (χ3v) is 9.05. The molecule has 41 heavy (non-hydrogen) atoms. The van der Waals surface area contributed by atoms with Crippen molar-refractivity contribution in [2.45, 2.75) is 51.6 Å². The van der Waals surface area contributed by atoms with Crippen LogP contribution in [0.3, 0.4) is 0 Å². The van der Waals surface area contributed by atoms with Crippen molar-refractivity contribution in [2.75, 3.05) is 58.2 Å². The van der Waals surface area contributed by atoms with Crippen molar-refractivity contribution in [3.05, 3.63) is 70.7 Å². The summed E-state index contributed by atoms with van der Waals surface area (Å²) in [5.41, 5.74) is 6.09. The predicted octanol–water partition coefficient (Wildman–Crippen LogP) is 4.09. The number of benzene rings is 1. The van der Waals surface area contributed by atoms with Gasteiger partial charge in [-0.15, -0.1) is 0 Å². The number of fused-ring (bicyclic) bond motifs is 1. The van der Waals surface area contributed by atoms with E-state index in [4.69, 9.17) is 9.72 Å². The topological polar surface area (TPSA) is 75.5 Å². The Kier molecular flexibility index (Phi) is 7.83. The standard InChI is InChI=1S/C32H41FN6O2/c1-22-14-23(2)39(36-22)28-8-4-6-25(15-28)26(16-30(40)41-3)17-38-18-29(33)32(21-38)19-37(20-32)13-11-27-10-9-24-7-5-12-34-31(24)35-27/h4,6,8-10,14-15,26,29H,5,7,11-13,16-21H2,1-3H3,(H,34,35)/t26-,29?/m1/s1. The molecule has 0 bridgehead atoms. The van der Waals surface area contributed by atoms with Crippen molar-refractivity contribution in [1.82, 2.24) is 24.6 Å². The number of halogens is 1. The molecule has 0 amide bonds. The van der Waals surface area contributed by atoms with Crippen molar-refractivity contribution in [1.29, 1.82) is 0 Å². The summed E-state index contributed by atoms with van der Waals surface area (Å²) in [4.78, 5) is 21.8. The van der Waals surface area contributed by atoms with Gasteiger partial charge in [0.05, 0.1) is 24.9 Å². The number of rotatable bonds is 9. The Bertz CT molecular complexity index is 1400. The molecule has 6 rings (SSSR count). The Morgan fingerprint density at radius 2 is 2.00 bits per heavy atom. The number of esters is 1. The van der Waals surface area contributed by atoms with Gasteiger partial charge in [0.15, 0.2) is 0 Å².